The molecule has 0 N–H and O–H groups in total. The minimum absolute atomic E-state index is 0.0112. The van der Waals surface area contributed by atoms with Crippen LogP contribution in [0.5, 0.6) is 0 Å². The third-order valence-corrected chi connectivity index (χ3v) is 8.78. The van der Waals surface area contributed by atoms with Crippen LogP contribution in [0.25, 0.3) is 0 Å². The Morgan fingerprint density at radius 3 is 2.20 bits per heavy atom. The Morgan fingerprint density at radius 2 is 1.80 bits per heavy atom. The molecule has 3 heteroatoms. The monoisotopic (exact) mass is 296 g/mol. The second-order valence-electron chi connectivity index (χ2n) is 7.21. The first-order valence-corrected chi connectivity index (χ1v) is 10.4. The lowest BCUT2D eigenvalue weighted by Gasteiger charge is -2.42. The van der Waals surface area contributed by atoms with Gasteiger partial charge in [0.05, 0.1) is 6.10 Å². The Hall–Kier alpha value is -0.673. The van der Waals surface area contributed by atoms with Gasteiger partial charge in [-0.15, -0.1) is 0 Å². The van der Waals surface area contributed by atoms with E-state index in [1.54, 1.807) is 6.08 Å². The van der Waals surface area contributed by atoms with Gasteiger partial charge in [0.2, 0.25) is 0 Å². The van der Waals surface area contributed by atoms with Gasteiger partial charge in [0.25, 0.3) is 0 Å². The number of carbonyl (C=O) groups is 1. The average molecular weight is 297 g/mol. The molecule has 0 saturated carbocycles. The highest BCUT2D eigenvalue weighted by Gasteiger charge is 2.41. The van der Waals surface area contributed by atoms with Crippen molar-refractivity contribution in [3.63, 3.8) is 0 Å². The molecule has 0 amide bonds. The summed E-state index contributed by atoms with van der Waals surface area (Å²) in [5, 5.41) is 0.157. The van der Waals surface area contributed by atoms with Crippen molar-refractivity contribution in [1.29, 1.82) is 0 Å². The molecule has 0 bridgehead atoms. The van der Waals surface area contributed by atoms with E-state index in [4.69, 9.17) is 4.43 Å². The lowest BCUT2D eigenvalue weighted by Crippen LogP contribution is -2.47. The highest BCUT2D eigenvalue weighted by Crippen LogP contribution is 2.39. The summed E-state index contributed by atoms with van der Waals surface area (Å²) in [6, 6.07) is 0. The molecule has 0 aliphatic carbocycles. The predicted octanol–water partition coefficient (Wildman–Crippen LogP) is 4.98. The van der Waals surface area contributed by atoms with Gasteiger partial charge in [-0.2, -0.15) is 0 Å². The zero-order chi connectivity index (χ0) is 16.0. The minimum Gasteiger partial charge on any atom is -0.413 e. The van der Waals surface area contributed by atoms with Gasteiger partial charge in [0, 0.05) is 5.92 Å². The molecule has 20 heavy (non-hydrogen) atoms. The summed E-state index contributed by atoms with van der Waals surface area (Å²) in [6.07, 6.45) is 7.74. The molecule has 3 atom stereocenters. The van der Waals surface area contributed by atoms with Gasteiger partial charge in [-0.1, -0.05) is 59.4 Å². The van der Waals surface area contributed by atoms with E-state index in [0.29, 0.717) is 5.92 Å². The van der Waals surface area contributed by atoms with Gasteiger partial charge in [0.1, 0.15) is 6.29 Å². The molecular weight excluding hydrogens is 264 g/mol. The van der Waals surface area contributed by atoms with Crippen molar-refractivity contribution >= 4 is 14.6 Å². The van der Waals surface area contributed by atoms with Crippen LogP contribution in [0.2, 0.25) is 18.1 Å². The van der Waals surface area contributed by atoms with Gasteiger partial charge >= 0.3 is 0 Å². The van der Waals surface area contributed by atoms with Crippen LogP contribution >= 0.6 is 0 Å². The first-order chi connectivity index (χ1) is 9.06. The zero-order valence-electron chi connectivity index (χ0n) is 14.3. The highest BCUT2D eigenvalue weighted by atomic mass is 28.4. The van der Waals surface area contributed by atoms with Crippen molar-refractivity contribution in [3.8, 4) is 0 Å². The van der Waals surface area contributed by atoms with Crippen LogP contribution in [0.1, 0.15) is 41.0 Å². The molecule has 0 fully saturated rings. The highest BCUT2D eigenvalue weighted by molar-refractivity contribution is 6.74. The molecule has 0 heterocycles. The van der Waals surface area contributed by atoms with Gasteiger partial charge in [-0.05, 0) is 30.5 Å². The van der Waals surface area contributed by atoms with Gasteiger partial charge < -0.3 is 9.22 Å². The van der Waals surface area contributed by atoms with Crippen LogP contribution in [-0.2, 0) is 9.22 Å². The van der Waals surface area contributed by atoms with Crippen LogP contribution in [0.3, 0.4) is 0 Å². The van der Waals surface area contributed by atoms with E-state index in [1.807, 2.05) is 13.0 Å². The lowest BCUT2D eigenvalue weighted by molar-refractivity contribution is -0.114. The molecule has 116 valence electrons. The smallest absolute Gasteiger partial charge is 0.192 e. The molecule has 2 nitrogen and oxygen atoms in total. The van der Waals surface area contributed by atoms with Crippen LogP contribution in [0.15, 0.2) is 24.8 Å². The van der Waals surface area contributed by atoms with E-state index in [-0.39, 0.29) is 17.1 Å². The number of carbonyl (C=O) groups excluding carboxylic acids is 1. The Morgan fingerprint density at radius 1 is 1.25 bits per heavy atom. The molecule has 0 spiro atoms. The number of allylic oxidation sites excluding steroid dienone is 3. The quantitative estimate of drug-likeness (QED) is 0.359. The van der Waals surface area contributed by atoms with Gasteiger partial charge in [-0.25, -0.2) is 0 Å². The number of rotatable bonds is 8. The van der Waals surface area contributed by atoms with E-state index < -0.39 is 8.32 Å². The summed E-state index contributed by atoms with van der Waals surface area (Å²) in [6.45, 7) is 19.0. The molecule has 0 saturated heterocycles. The molecule has 0 aromatic carbocycles. The fraction of sp³-hybridized carbons (Fsp3) is 0.706. The van der Waals surface area contributed by atoms with Crippen LogP contribution in [-0.4, -0.2) is 20.7 Å². The van der Waals surface area contributed by atoms with Crippen molar-refractivity contribution in [2.24, 2.45) is 11.8 Å². The molecule has 0 radical (unpaired) electrons. The molecule has 0 aromatic heterocycles. The normalized spacial score (nSPS) is 17.8. The molecular formula is C17H32O2Si. The summed E-state index contributed by atoms with van der Waals surface area (Å²) in [5.41, 5.74) is 0. The third kappa shape index (κ3) is 5.76. The third-order valence-electron chi connectivity index (χ3n) is 4.31. The topological polar surface area (TPSA) is 26.3 Å². The maximum atomic E-state index is 11.2. The van der Waals surface area contributed by atoms with E-state index in [2.05, 4.69) is 53.4 Å². The van der Waals surface area contributed by atoms with Crippen molar-refractivity contribution in [1.82, 2.24) is 0 Å². The molecule has 0 rings (SSSR count). The van der Waals surface area contributed by atoms with E-state index in [9.17, 15) is 4.79 Å². The molecule has 0 unspecified atom stereocenters. The molecule has 0 aliphatic rings. The van der Waals surface area contributed by atoms with Crippen molar-refractivity contribution < 1.29 is 9.22 Å². The fourth-order valence-corrected chi connectivity index (χ4v) is 3.34. The summed E-state index contributed by atoms with van der Waals surface area (Å²) < 4.78 is 6.50. The largest absolute Gasteiger partial charge is 0.413 e. The van der Waals surface area contributed by atoms with Crippen molar-refractivity contribution in [2.45, 2.75) is 65.3 Å². The Balaban J connectivity index is 5.03. The van der Waals surface area contributed by atoms with E-state index in [1.165, 1.54) is 0 Å². The standard InChI is InChI=1S/C17H32O2Si/c1-9-10-11-12-14(2)16(15(3)13-18)19-20(7,8)17(4,5)6/h9-11,13-16H,1,12H2,2-8H3/b11-10+/t14-,15+,16+/m1/s1. The fourth-order valence-electron chi connectivity index (χ4n) is 1.86. The van der Waals surface area contributed by atoms with Gasteiger partial charge in [0.15, 0.2) is 8.32 Å². The Labute approximate surface area is 126 Å². The Bertz CT molecular complexity index is 339. The lowest BCUT2D eigenvalue weighted by atomic mass is 9.92. The van der Waals surface area contributed by atoms with E-state index >= 15 is 0 Å². The number of hydrogen-bond donors (Lipinski definition) is 0. The maximum Gasteiger partial charge on any atom is 0.192 e. The summed E-state index contributed by atoms with van der Waals surface area (Å²) in [5.74, 6) is 0.247. The second kappa shape index (κ2) is 7.94. The summed E-state index contributed by atoms with van der Waals surface area (Å²) in [7, 11) is -1.86. The van der Waals surface area contributed by atoms with Gasteiger partial charge in [-0.3, -0.25) is 0 Å². The molecule has 0 aromatic rings. The van der Waals surface area contributed by atoms with Crippen LogP contribution < -0.4 is 0 Å². The summed E-state index contributed by atoms with van der Waals surface area (Å²) >= 11 is 0. The number of aldehydes is 1. The minimum atomic E-state index is -1.86. The predicted molar refractivity (Wildman–Crippen MR) is 90.4 cm³/mol. The second-order valence-corrected chi connectivity index (χ2v) is 12.0. The average Bonchev–Trinajstić information content (AvgIpc) is 2.33. The number of hydrogen-bond acceptors (Lipinski definition) is 2. The Kier molecular flexibility index (Phi) is 7.67. The first-order valence-electron chi connectivity index (χ1n) is 7.47. The first kappa shape index (κ1) is 19.3. The SMILES string of the molecule is C=C/C=C/C[C@@H](C)[C@H](O[Si](C)(C)C(C)(C)C)[C@@H](C)C=O. The van der Waals surface area contributed by atoms with Crippen LogP contribution in [0, 0.1) is 11.8 Å². The van der Waals surface area contributed by atoms with Crippen LogP contribution in [0.4, 0.5) is 0 Å². The maximum absolute atomic E-state index is 11.2. The molecule has 0 aliphatic heterocycles. The van der Waals surface area contributed by atoms with E-state index in [0.717, 1.165) is 12.7 Å². The van der Waals surface area contributed by atoms with Crippen molar-refractivity contribution in [2.75, 3.05) is 0 Å². The summed E-state index contributed by atoms with van der Waals surface area (Å²) in [4.78, 5) is 11.2. The van der Waals surface area contributed by atoms with Crippen molar-refractivity contribution in [3.05, 3.63) is 24.8 Å². The zero-order valence-corrected chi connectivity index (χ0v) is 15.3.